The van der Waals surface area contributed by atoms with Gasteiger partial charge in [0.05, 0.1) is 5.56 Å². The Morgan fingerprint density at radius 1 is 1.04 bits per heavy atom. The number of rotatable bonds is 4. The van der Waals surface area contributed by atoms with E-state index in [1.165, 1.54) is 0 Å². The minimum Gasteiger partial charge on any atom is -0.508 e. The number of phenols is 1. The molecule has 0 fully saturated rings. The topological polar surface area (TPSA) is 85.5 Å². The standard InChI is InChI=1S/C17H14N2O4/c1-11-18-19-16(23-11)10-22-17(21)14-4-2-12(3-5-14)13-6-8-15(20)9-7-13/h2-9,20H,10H2,1H3. The SMILES string of the molecule is Cc1nnc(COC(=O)c2ccc(-c3ccc(O)cc3)cc2)o1. The van der Waals surface area contributed by atoms with Crippen LogP contribution in [0.5, 0.6) is 5.75 Å². The van der Waals surface area contributed by atoms with Crippen LogP contribution in [0.3, 0.4) is 0 Å². The number of nitrogens with zero attached hydrogens (tertiary/aromatic N) is 2. The Balaban J connectivity index is 1.66. The van der Waals surface area contributed by atoms with Crippen molar-refractivity contribution in [3.63, 3.8) is 0 Å². The first-order chi connectivity index (χ1) is 11.1. The third-order valence-electron chi connectivity index (χ3n) is 3.22. The fourth-order valence-corrected chi connectivity index (χ4v) is 2.06. The Hall–Kier alpha value is -3.15. The second kappa shape index (κ2) is 6.31. The normalized spacial score (nSPS) is 10.5. The van der Waals surface area contributed by atoms with Crippen LogP contribution in [0.4, 0.5) is 0 Å². The van der Waals surface area contributed by atoms with Crippen LogP contribution in [0.15, 0.2) is 52.9 Å². The highest BCUT2D eigenvalue weighted by Crippen LogP contribution is 2.22. The molecule has 6 nitrogen and oxygen atoms in total. The Labute approximate surface area is 132 Å². The number of hydrogen-bond donors (Lipinski definition) is 1. The summed E-state index contributed by atoms with van der Waals surface area (Å²) < 4.78 is 10.3. The van der Waals surface area contributed by atoms with Crippen molar-refractivity contribution in [1.82, 2.24) is 10.2 Å². The maximum absolute atomic E-state index is 12.0. The molecule has 116 valence electrons. The zero-order valence-corrected chi connectivity index (χ0v) is 12.4. The number of esters is 1. The summed E-state index contributed by atoms with van der Waals surface area (Å²) in [5.74, 6) is 0.439. The van der Waals surface area contributed by atoms with E-state index in [2.05, 4.69) is 10.2 Å². The number of hydrogen-bond acceptors (Lipinski definition) is 6. The Morgan fingerprint density at radius 2 is 1.65 bits per heavy atom. The molecule has 3 rings (SSSR count). The number of carbonyl (C=O) groups is 1. The van der Waals surface area contributed by atoms with Crippen molar-refractivity contribution in [3.05, 3.63) is 65.9 Å². The molecular weight excluding hydrogens is 296 g/mol. The van der Waals surface area contributed by atoms with Gasteiger partial charge in [0.1, 0.15) is 5.75 Å². The van der Waals surface area contributed by atoms with E-state index < -0.39 is 5.97 Å². The van der Waals surface area contributed by atoms with Gasteiger partial charge in [0.2, 0.25) is 5.89 Å². The lowest BCUT2D eigenvalue weighted by Crippen LogP contribution is -2.05. The third-order valence-corrected chi connectivity index (χ3v) is 3.22. The molecule has 1 aromatic heterocycles. The number of aromatic nitrogens is 2. The van der Waals surface area contributed by atoms with Gasteiger partial charge in [-0.1, -0.05) is 24.3 Å². The summed E-state index contributed by atoms with van der Waals surface area (Å²) in [6, 6.07) is 13.8. The molecule has 0 atom stereocenters. The van der Waals surface area contributed by atoms with Crippen molar-refractivity contribution in [2.45, 2.75) is 13.5 Å². The summed E-state index contributed by atoms with van der Waals surface area (Å²) in [7, 11) is 0. The van der Waals surface area contributed by atoms with Crippen LogP contribution in [-0.2, 0) is 11.3 Å². The molecule has 0 saturated carbocycles. The second-order valence-electron chi connectivity index (χ2n) is 4.92. The molecule has 23 heavy (non-hydrogen) atoms. The quantitative estimate of drug-likeness (QED) is 0.745. The molecule has 1 heterocycles. The Kier molecular flexibility index (Phi) is 4.05. The molecule has 0 radical (unpaired) electrons. The van der Waals surface area contributed by atoms with Crippen LogP contribution in [-0.4, -0.2) is 21.3 Å². The summed E-state index contributed by atoms with van der Waals surface area (Å²) >= 11 is 0. The molecule has 0 aliphatic rings. The lowest BCUT2D eigenvalue weighted by atomic mass is 10.0. The Bertz CT molecular complexity index is 807. The van der Waals surface area contributed by atoms with Crippen molar-refractivity contribution in [2.75, 3.05) is 0 Å². The zero-order valence-electron chi connectivity index (χ0n) is 12.4. The van der Waals surface area contributed by atoms with Gasteiger partial charge in [0.15, 0.2) is 6.61 Å². The van der Waals surface area contributed by atoms with Crippen LogP contribution in [0, 0.1) is 6.92 Å². The van der Waals surface area contributed by atoms with Gasteiger partial charge in [-0.25, -0.2) is 4.79 Å². The average Bonchev–Trinajstić information content (AvgIpc) is 2.99. The predicted molar refractivity (Wildman–Crippen MR) is 81.7 cm³/mol. The van der Waals surface area contributed by atoms with Crippen LogP contribution < -0.4 is 0 Å². The fourth-order valence-electron chi connectivity index (χ4n) is 2.06. The van der Waals surface area contributed by atoms with Crippen LogP contribution >= 0.6 is 0 Å². The molecule has 0 spiro atoms. The van der Waals surface area contributed by atoms with E-state index in [1.807, 2.05) is 12.1 Å². The molecule has 0 aliphatic heterocycles. The number of aromatic hydroxyl groups is 1. The van der Waals surface area contributed by atoms with Crippen LogP contribution in [0.2, 0.25) is 0 Å². The van der Waals surface area contributed by atoms with Crippen molar-refractivity contribution >= 4 is 5.97 Å². The van der Waals surface area contributed by atoms with Gasteiger partial charge in [-0.3, -0.25) is 0 Å². The number of carbonyl (C=O) groups excluding carboxylic acids is 1. The van der Waals surface area contributed by atoms with E-state index in [9.17, 15) is 9.90 Å². The lowest BCUT2D eigenvalue weighted by molar-refractivity contribution is 0.0437. The fraction of sp³-hybridized carbons (Fsp3) is 0.118. The molecule has 0 aliphatic carbocycles. The predicted octanol–water partition coefficient (Wildman–Crippen LogP) is 3.11. The van der Waals surface area contributed by atoms with E-state index in [4.69, 9.17) is 9.15 Å². The highest BCUT2D eigenvalue weighted by Gasteiger charge is 2.10. The number of ether oxygens (including phenoxy) is 1. The first-order valence-corrected chi connectivity index (χ1v) is 6.97. The third kappa shape index (κ3) is 3.55. The molecule has 1 N–H and O–H groups in total. The van der Waals surface area contributed by atoms with Crippen molar-refractivity contribution in [2.24, 2.45) is 0 Å². The maximum atomic E-state index is 12.0. The van der Waals surface area contributed by atoms with Crippen molar-refractivity contribution in [3.8, 4) is 16.9 Å². The van der Waals surface area contributed by atoms with E-state index in [0.29, 0.717) is 11.5 Å². The molecule has 3 aromatic rings. The van der Waals surface area contributed by atoms with Gasteiger partial charge in [0, 0.05) is 6.92 Å². The molecule has 6 heteroatoms. The highest BCUT2D eigenvalue weighted by atomic mass is 16.5. The zero-order chi connectivity index (χ0) is 16.2. The smallest absolute Gasteiger partial charge is 0.338 e. The summed E-state index contributed by atoms with van der Waals surface area (Å²) in [5.41, 5.74) is 2.32. The van der Waals surface area contributed by atoms with Gasteiger partial charge in [-0.15, -0.1) is 10.2 Å². The number of aryl methyl sites for hydroxylation is 1. The molecule has 0 amide bonds. The molecule has 0 unspecified atom stereocenters. The van der Waals surface area contributed by atoms with Gasteiger partial charge < -0.3 is 14.3 Å². The maximum Gasteiger partial charge on any atom is 0.338 e. The summed E-state index contributed by atoms with van der Waals surface area (Å²) in [6.45, 7) is 1.61. The monoisotopic (exact) mass is 310 g/mol. The van der Waals surface area contributed by atoms with Crippen LogP contribution in [0.1, 0.15) is 22.1 Å². The minimum atomic E-state index is -0.460. The van der Waals surface area contributed by atoms with Crippen molar-refractivity contribution < 1.29 is 19.1 Å². The molecule has 2 aromatic carbocycles. The summed E-state index contributed by atoms with van der Waals surface area (Å²) in [4.78, 5) is 12.0. The van der Waals surface area contributed by atoms with E-state index in [-0.39, 0.29) is 18.2 Å². The average molecular weight is 310 g/mol. The van der Waals surface area contributed by atoms with Gasteiger partial charge in [-0.05, 0) is 35.4 Å². The number of benzene rings is 2. The van der Waals surface area contributed by atoms with E-state index >= 15 is 0 Å². The lowest BCUT2D eigenvalue weighted by Gasteiger charge is -2.05. The molecule has 0 bridgehead atoms. The van der Waals surface area contributed by atoms with Gasteiger partial charge in [-0.2, -0.15) is 0 Å². The summed E-state index contributed by atoms with van der Waals surface area (Å²) in [6.07, 6.45) is 0. The second-order valence-corrected chi connectivity index (χ2v) is 4.92. The minimum absolute atomic E-state index is 0.0562. The first-order valence-electron chi connectivity index (χ1n) is 6.97. The van der Waals surface area contributed by atoms with Crippen LogP contribution in [0.25, 0.3) is 11.1 Å². The van der Waals surface area contributed by atoms with E-state index in [0.717, 1.165) is 11.1 Å². The Morgan fingerprint density at radius 3 is 2.22 bits per heavy atom. The highest BCUT2D eigenvalue weighted by molar-refractivity contribution is 5.90. The molecule has 0 saturated heterocycles. The molecular formula is C17H14N2O4. The number of phenolic OH excluding ortho intramolecular Hbond substituents is 1. The van der Waals surface area contributed by atoms with Crippen molar-refractivity contribution in [1.29, 1.82) is 0 Å². The van der Waals surface area contributed by atoms with Gasteiger partial charge in [0.25, 0.3) is 5.89 Å². The largest absolute Gasteiger partial charge is 0.508 e. The summed E-state index contributed by atoms with van der Waals surface area (Å²) in [5, 5.41) is 16.7. The van der Waals surface area contributed by atoms with E-state index in [1.54, 1.807) is 43.3 Å². The first kappa shape index (κ1) is 14.8. The van der Waals surface area contributed by atoms with Gasteiger partial charge >= 0.3 is 5.97 Å².